The number of thioether (sulfide) groups is 1. The molecule has 6 aliphatic rings. The van der Waals surface area contributed by atoms with Gasteiger partial charge in [-0.15, -0.1) is 11.8 Å². The van der Waals surface area contributed by atoms with Gasteiger partial charge in [0.2, 0.25) is 17.8 Å². The number of carbonyl (C=O) groups excluding carboxylic acids is 4. The molecule has 6 aromatic rings. The van der Waals surface area contributed by atoms with E-state index in [1.54, 1.807) is 30.4 Å². The summed E-state index contributed by atoms with van der Waals surface area (Å²) in [6, 6.07) is 0.533. The molecule has 3 aliphatic carbocycles. The third-order valence-electron chi connectivity index (χ3n) is 18.8. The maximum absolute atomic E-state index is 12.4. The molecule has 3 saturated heterocycles. The van der Waals surface area contributed by atoms with Crippen LogP contribution in [0.5, 0.6) is 0 Å². The van der Waals surface area contributed by atoms with Crippen molar-refractivity contribution >= 4 is 103 Å². The van der Waals surface area contributed by atoms with E-state index >= 15 is 0 Å². The second-order valence-electron chi connectivity index (χ2n) is 28.1. The number of aromatic nitrogens is 9. The standard InChI is InChI=1S/C24H35N5O4S.2C20H28BrN5O2.CH4/c1-23(2,3)33-22(31)27-18-6-5-8-24(18)9-12-28(13-10-24)21-26-16-17(20-25-11-14-29(20)21)34-15-7-19(30)32-4;2*1-19(2,3)28-18(27)24-15-5-4-6-20(15)7-10-25(11-8-20)17-23-13-14(21)16-22-9-12-26(16)17;/h11,14,16,18H,5-10,12-13,15H2,1-4H3,(H,27,31);2*9,12-13,15H,4-8,10-11H2,1-3H3,(H,24,27);1H4/t18-;2*15-;/m111./s1. The van der Waals surface area contributed by atoms with Gasteiger partial charge in [0, 0.05) is 119 Å². The minimum atomic E-state index is -0.495. The largest absolute Gasteiger partial charge is 0.469 e. The number of fused-ring (bicyclic) bond motifs is 3. The molecule has 3 saturated carbocycles. The van der Waals surface area contributed by atoms with E-state index < -0.39 is 16.8 Å². The molecular weight excluding hydrogens is 1310 g/mol. The van der Waals surface area contributed by atoms with Crippen molar-refractivity contribution in [2.45, 2.75) is 212 Å². The van der Waals surface area contributed by atoms with Crippen LogP contribution in [0.15, 0.2) is 69.6 Å². The summed E-state index contributed by atoms with van der Waals surface area (Å²) in [5.41, 5.74) is 1.63. The van der Waals surface area contributed by atoms with Gasteiger partial charge in [-0.1, -0.05) is 26.7 Å². The average molecular weight is 1410 g/mol. The topological polar surface area (TPSA) is 242 Å². The fourth-order valence-corrected chi connectivity index (χ4v) is 16.2. The first-order valence-electron chi connectivity index (χ1n) is 32.0. The van der Waals surface area contributed by atoms with E-state index in [0.717, 1.165) is 184 Å². The molecule has 3 amide bonds. The second-order valence-corrected chi connectivity index (χ2v) is 30.9. The minimum Gasteiger partial charge on any atom is -0.469 e. The Kier molecular flexibility index (Phi) is 21.8. The van der Waals surface area contributed by atoms with Gasteiger partial charge in [-0.25, -0.2) is 44.3 Å². The highest BCUT2D eigenvalue weighted by Crippen LogP contribution is 2.50. The zero-order valence-electron chi connectivity index (χ0n) is 54.0. The molecule has 6 aromatic heterocycles. The Balaban J connectivity index is 0.000000162. The van der Waals surface area contributed by atoms with Gasteiger partial charge in [-0.2, -0.15) is 0 Å². The number of carbonyl (C=O) groups is 4. The number of alkyl carbamates (subject to hydrolysis) is 3. The van der Waals surface area contributed by atoms with Crippen LogP contribution in [0.1, 0.15) is 172 Å². The Morgan fingerprint density at radius 3 is 1.15 bits per heavy atom. The summed E-state index contributed by atoms with van der Waals surface area (Å²) in [7, 11) is 1.40. The van der Waals surface area contributed by atoms with Crippen LogP contribution in [-0.2, 0) is 23.7 Å². The number of nitrogens with one attached hydrogen (secondary N) is 3. The number of amides is 3. The Morgan fingerprint density at radius 2 is 0.824 bits per heavy atom. The molecular formula is C65H95Br2N15O8S. The van der Waals surface area contributed by atoms with E-state index in [9.17, 15) is 19.2 Å². The van der Waals surface area contributed by atoms with Gasteiger partial charge in [-0.3, -0.25) is 18.0 Å². The Morgan fingerprint density at radius 1 is 0.505 bits per heavy atom. The molecule has 3 aliphatic heterocycles. The van der Waals surface area contributed by atoms with Crippen LogP contribution in [0, 0.1) is 16.2 Å². The molecule has 26 heteroatoms. The molecule has 9 heterocycles. The first-order valence-corrected chi connectivity index (χ1v) is 34.5. The van der Waals surface area contributed by atoms with Gasteiger partial charge in [0.1, 0.15) is 16.8 Å². The van der Waals surface area contributed by atoms with Crippen LogP contribution in [0.25, 0.3) is 16.9 Å². The van der Waals surface area contributed by atoms with Crippen molar-refractivity contribution < 1.29 is 38.1 Å². The predicted molar refractivity (Wildman–Crippen MR) is 361 cm³/mol. The van der Waals surface area contributed by atoms with Gasteiger partial charge < -0.3 is 49.6 Å². The number of methoxy groups -OCH3 is 1. The molecule has 0 bridgehead atoms. The van der Waals surface area contributed by atoms with E-state index in [-0.39, 0.29) is 66.0 Å². The number of imidazole rings is 3. The number of nitrogens with zero attached hydrogens (tertiary/aromatic N) is 12. The molecule has 0 aromatic carbocycles. The monoisotopic (exact) mass is 1400 g/mol. The Bertz CT molecular complexity index is 3340. The van der Waals surface area contributed by atoms with Crippen LogP contribution in [-0.4, -0.2) is 154 Å². The lowest BCUT2D eigenvalue weighted by Crippen LogP contribution is -2.51. The highest BCUT2D eigenvalue weighted by Gasteiger charge is 2.49. The van der Waals surface area contributed by atoms with Crippen LogP contribution >= 0.6 is 43.6 Å². The smallest absolute Gasteiger partial charge is 0.407 e. The number of ether oxygens (including phenoxy) is 4. The van der Waals surface area contributed by atoms with Crippen molar-refractivity contribution in [2.24, 2.45) is 16.2 Å². The third kappa shape index (κ3) is 16.4. The Hall–Kier alpha value is -6.15. The molecule has 3 N–H and O–H groups in total. The van der Waals surface area contributed by atoms with Crippen molar-refractivity contribution in [3.63, 3.8) is 0 Å². The summed E-state index contributed by atoms with van der Waals surface area (Å²) in [6.45, 7) is 22.5. The van der Waals surface area contributed by atoms with E-state index in [0.29, 0.717) is 12.2 Å². The molecule has 91 heavy (non-hydrogen) atoms. The number of halogens is 2. The summed E-state index contributed by atoms with van der Waals surface area (Å²) in [4.78, 5) is 83.7. The van der Waals surface area contributed by atoms with E-state index in [1.807, 2.05) is 113 Å². The zero-order valence-corrected chi connectivity index (χ0v) is 58.0. The number of esters is 1. The quantitative estimate of drug-likeness (QED) is 0.0656. The predicted octanol–water partition coefficient (Wildman–Crippen LogP) is 13.0. The van der Waals surface area contributed by atoms with Gasteiger partial charge >= 0.3 is 24.2 Å². The number of hydrogen-bond acceptors (Lipinski definition) is 18. The molecule has 0 radical (unpaired) electrons. The maximum atomic E-state index is 12.4. The lowest BCUT2D eigenvalue weighted by Gasteiger charge is -2.43. The first-order chi connectivity index (χ1) is 42.8. The fraction of sp³-hybridized carbons (Fsp3) is 0.662. The first kappa shape index (κ1) is 69.2. The highest BCUT2D eigenvalue weighted by atomic mass is 79.9. The van der Waals surface area contributed by atoms with Gasteiger partial charge in [0.15, 0.2) is 16.9 Å². The number of piperidine rings is 3. The lowest BCUT2D eigenvalue weighted by atomic mass is 9.74. The summed E-state index contributed by atoms with van der Waals surface area (Å²) in [6.07, 6.45) is 32.3. The summed E-state index contributed by atoms with van der Waals surface area (Å²) in [5, 5.41) is 9.50. The van der Waals surface area contributed by atoms with Gasteiger partial charge in [0.05, 0.1) is 27.4 Å². The SMILES string of the molecule is C.CC(C)(C)OC(=O)N[C@@H]1CCCC12CCN(c1ncc(Br)c3nccn13)CC2.CC(C)(C)OC(=O)N[C@@H]1CCCC12CCN(c1ncc(Br)c3nccn13)CC2.COC(=O)CCSc1cnc(N2CCC3(CCC[C@H]3NC(=O)OC(C)(C)C)CC2)n2ccnc12. The summed E-state index contributed by atoms with van der Waals surface area (Å²) in [5.74, 6) is 3.15. The zero-order chi connectivity index (χ0) is 64.2. The van der Waals surface area contributed by atoms with Crippen molar-refractivity contribution in [1.82, 2.24) is 59.1 Å². The minimum absolute atomic E-state index is 0. The van der Waals surface area contributed by atoms with Crippen LogP contribution in [0.4, 0.5) is 32.2 Å². The highest BCUT2D eigenvalue weighted by molar-refractivity contribution is 9.11. The lowest BCUT2D eigenvalue weighted by molar-refractivity contribution is -0.140. The molecule has 3 atom stereocenters. The number of hydrogen-bond donors (Lipinski definition) is 3. The van der Waals surface area contributed by atoms with Gasteiger partial charge in [-0.05, 0) is 187 Å². The molecule has 23 nitrogen and oxygen atoms in total. The number of rotatable bonds is 10. The van der Waals surface area contributed by atoms with Crippen LogP contribution in [0.2, 0.25) is 0 Å². The van der Waals surface area contributed by atoms with Crippen molar-refractivity contribution in [1.29, 1.82) is 0 Å². The molecule has 498 valence electrons. The van der Waals surface area contributed by atoms with E-state index in [4.69, 9.17) is 23.9 Å². The average Bonchev–Trinajstić information content (AvgIpc) is 1.84. The van der Waals surface area contributed by atoms with Crippen LogP contribution in [0.3, 0.4) is 0 Å². The molecule has 6 fully saturated rings. The van der Waals surface area contributed by atoms with E-state index in [2.05, 4.69) is 87.4 Å². The van der Waals surface area contributed by atoms with E-state index in [1.165, 1.54) is 7.11 Å². The Labute approximate surface area is 556 Å². The molecule has 3 spiro atoms. The number of anilines is 3. The van der Waals surface area contributed by atoms with Crippen molar-refractivity contribution in [2.75, 3.05) is 66.8 Å². The molecule has 12 rings (SSSR count). The van der Waals surface area contributed by atoms with Crippen molar-refractivity contribution in [3.8, 4) is 0 Å². The van der Waals surface area contributed by atoms with Crippen LogP contribution < -0.4 is 30.7 Å². The summed E-state index contributed by atoms with van der Waals surface area (Å²) < 4.78 is 29.1. The second kappa shape index (κ2) is 28.6. The third-order valence-corrected chi connectivity index (χ3v) is 20.9. The normalized spacial score (nSPS) is 21.0. The molecule has 0 unspecified atom stereocenters. The fourth-order valence-electron chi connectivity index (χ4n) is 14.5. The van der Waals surface area contributed by atoms with Gasteiger partial charge in [0.25, 0.3) is 0 Å². The maximum Gasteiger partial charge on any atom is 0.407 e. The van der Waals surface area contributed by atoms with Crippen molar-refractivity contribution in [3.05, 3.63) is 64.7 Å². The summed E-state index contributed by atoms with van der Waals surface area (Å²) >= 11 is 8.60.